The van der Waals surface area contributed by atoms with E-state index >= 15 is 0 Å². The standard InChI is InChI=1S/C11H15N5/c1-9-3-2-5-15(7-9)10-11-14-13-8-16(11)6-4-12-10/h4,6,8-9H,2-3,5,7H2,1H3. The summed E-state index contributed by atoms with van der Waals surface area (Å²) < 4.78 is 1.92. The first-order valence-electron chi connectivity index (χ1n) is 5.74. The number of nitrogens with zero attached hydrogens (tertiary/aromatic N) is 5. The van der Waals surface area contributed by atoms with E-state index in [1.807, 2.05) is 16.8 Å². The van der Waals surface area contributed by atoms with Crippen molar-refractivity contribution < 1.29 is 0 Å². The quantitative estimate of drug-likeness (QED) is 0.723. The third-order valence-corrected chi connectivity index (χ3v) is 3.15. The molecule has 84 valence electrons. The van der Waals surface area contributed by atoms with E-state index in [2.05, 4.69) is 27.0 Å². The fourth-order valence-corrected chi connectivity index (χ4v) is 2.35. The summed E-state index contributed by atoms with van der Waals surface area (Å²) in [4.78, 5) is 6.76. The van der Waals surface area contributed by atoms with Gasteiger partial charge in [0.2, 0.25) is 5.65 Å². The highest BCUT2D eigenvalue weighted by Crippen LogP contribution is 2.23. The first-order valence-corrected chi connectivity index (χ1v) is 5.74. The Morgan fingerprint density at radius 1 is 1.44 bits per heavy atom. The molecule has 1 unspecified atom stereocenters. The average molecular weight is 217 g/mol. The van der Waals surface area contributed by atoms with Crippen molar-refractivity contribution in [2.24, 2.45) is 5.92 Å². The van der Waals surface area contributed by atoms with Gasteiger partial charge in [0.15, 0.2) is 5.82 Å². The number of rotatable bonds is 1. The van der Waals surface area contributed by atoms with Crippen molar-refractivity contribution in [2.75, 3.05) is 18.0 Å². The van der Waals surface area contributed by atoms with Gasteiger partial charge in [0.25, 0.3) is 0 Å². The molecule has 0 N–H and O–H groups in total. The molecule has 1 aliphatic heterocycles. The highest BCUT2D eigenvalue weighted by atomic mass is 15.3. The Morgan fingerprint density at radius 2 is 2.38 bits per heavy atom. The molecule has 0 bridgehead atoms. The lowest BCUT2D eigenvalue weighted by atomic mass is 10.0. The summed E-state index contributed by atoms with van der Waals surface area (Å²) in [5.74, 6) is 1.70. The molecule has 2 aromatic heterocycles. The number of anilines is 1. The predicted octanol–water partition coefficient (Wildman–Crippen LogP) is 1.36. The zero-order valence-corrected chi connectivity index (χ0v) is 9.37. The van der Waals surface area contributed by atoms with Gasteiger partial charge in [0, 0.05) is 25.5 Å². The molecule has 0 radical (unpaired) electrons. The van der Waals surface area contributed by atoms with Crippen LogP contribution in [0, 0.1) is 5.92 Å². The zero-order chi connectivity index (χ0) is 11.0. The van der Waals surface area contributed by atoms with Gasteiger partial charge in [0.1, 0.15) is 6.33 Å². The Labute approximate surface area is 94.1 Å². The van der Waals surface area contributed by atoms with Gasteiger partial charge >= 0.3 is 0 Å². The van der Waals surface area contributed by atoms with Gasteiger partial charge in [-0.3, -0.25) is 4.40 Å². The Hall–Kier alpha value is -1.65. The van der Waals surface area contributed by atoms with Crippen molar-refractivity contribution in [3.63, 3.8) is 0 Å². The van der Waals surface area contributed by atoms with Crippen molar-refractivity contribution in [2.45, 2.75) is 19.8 Å². The maximum absolute atomic E-state index is 4.44. The van der Waals surface area contributed by atoms with Crippen molar-refractivity contribution in [3.05, 3.63) is 18.7 Å². The Bertz CT molecular complexity index is 492. The topological polar surface area (TPSA) is 46.3 Å². The van der Waals surface area contributed by atoms with Crippen LogP contribution in [0.1, 0.15) is 19.8 Å². The number of aromatic nitrogens is 4. The smallest absolute Gasteiger partial charge is 0.203 e. The van der Waals surface area contributed by atoms with Gasteiger partial charge in [0.05, 0.1) is 0 Å². The molecule has 5 heteroatoms. The summed E-state index contributed by atoms with van der Waals surface area (Å²) in [6.07, 6.45) is 7.95. The normalized spacial score (nSPS) is 21.6. The van der Waals surface area contributed by atoms with Crippen LogP contribution in [0.2, 0.25) is 0 Å². The van der Waals surface area contributed by atoms with Crippen molar-refractivity contribution in [3.8, 4) is 0 Å². The minimum atomic E-state index is 0.735. The Morgan fingerprint density at radius 3 is 3.25 bits per heavy atom. The average Bonchev–Trinajstić information content (AvgIpc) is 2.76. The lowest BCUT2D eigenvalue weighted by molar-refractivity contribution is 0.445. The van der Waals surface area contributed by atoms with Gasteiger partial charge in [-0.15, -0.1) is 10.2 Å². The van der Waals surface area contributed by atoms with Crippen LogP contribution in [0.15, 0.2) is 18.7 Å². The third kappa shape index (κ3) is 1.52. The van der Waals surface area contributed by atoms with E-state index in [0.717, 1.165) is 30.5 Å². The Balaban J connectivity index is 2.01. The monoisotopic (exact) mass is 217 g/mol. The first-order chi connectivity index (χ1) is 7.84. The first kappa shape index (κ1) is 9.57. The largest absolute Gasteiger partial charge is 0.353 e. The lowest BCUT2D eigenvalue weighted by Gasteiger charge is -2.31. The molecule has 1 fully saturated rings. The van der Waals surface area contributed by atoms with Gasteiger partial charge < -0.3 is 4.90 Å². The van der Waals surface area contributed by atoms with E-state index in [1.165, 1.54) is 12.8 Å². The maximum Gasteiger partial charge on any atom is 0.203 e. The number of fused-ring (bicyclic) bond motifs is 1. The fourth-order valence-electron chi connectivity index (χ4n) is 2.35. The van der Waals surface area contributed by atoms with Crippen LogP contribution < -0.4 is 4.90 Å². The van der Waals surface area contributed by atoms with Gasteiger partial charge in [-0.2, -0.15) is 0 Å². The molecule has 5 nitrogen and oxygen atoms in total. The molecular weight excluding hydrogens is 202 g/mol. The van der Waals surface area contributed by atoms with Gasteiger partial charge in [-0.05, 0) is 18.8 Å². The SMILES string of the molecule is CC1CCCN(c2nccn3cnnc23)C1. The van der Waals surface area contributed by atoms with Crippen LogP contribution in [-0.4, -0.2) is 32.7 Å². The number of hydrogen-bond donors (Lipinski definition) is 0. The second kappa shape index (κ2) is 3.73. The molecular formula is C11H15N5. The molecule has 0 aromatic carbocycles. The lowest BCUT2D eigenvalue weighted by Crippen LogP contribution is -2.35. The van der Waals surface area contributed by atoms with Gasteiger partial charge in [-0.1, -0.05) is 6.92 Å². The molecule has 1 aliphatic rings. The zero-order valence-electron chi connectivity index (χ0n) is 9.37. The van der Waals surface area contributed by atoms with Crippen LogP contribution in [0.4, 0.5) is 5.82 Å². The van der Waals surface area contributed by atoms with Crippen LogP contribution in [-0.2, 0) is 0 Å². The molecule has 1 atom stereocenters. The Kier molecular flexibility index (Phi) is 2.23. The van der Waals surface area contributed by atoms with Crippen molar-refractivity contribution in [1.29, 1.82) is 0 Å². The second-order valence-corrected chi connectivity index (χ2v) is 4.51. The molecule has 0 spiro atoms. The predicted molar refractivity (Wildman–Crippen MR) is 61.4 cm³/mol. The minimum absolute atomic E-state index is 0.735. The summed E-state index contributed by atoms with van der Waals surface area (Å²) in [5.41, 5.74) is 0.858. The molecule has 3 heterocycles. The van der Waals surface area contributed by atoms with Crippen LogP contribution in [0.25, 0.3) is 5.65 Å². The second-order valence-electron chi connectivity index (χ2n) is 4.51. The van der Waals surface area contributed by atoms with E-state index in [-0.39, 0.29) is 0 Å². The van der Waals surface area contributed by atoms with Crippen LogP contribution >= 0.6 is 0 Å². The van der Waals surface area contributed by atoms with E-state index in [4.69, 9.17) is 0 Å². The van der Waals surface area contributed by atoms with E-state index in [9.17, 15) is 0 Å². The maximum atomic E-state index is 4.44. The number of piperidine rings is 1. The van der Waals surface area contributed by atoms with E-state index in [0.29, 0.717) is 0 Å². The van der Waals surface area contributed by atoms with Gasteiger partial charge in [-0.25, -0.2) is 4.98 Å². The highest BCUT2D eigenvalue weighted by molar-refractivity contribution is 5.63. The molecule has 0 saturated carbocycles. The number of hydrogen-bond acceptors (Lipinski definition) is 4. The van der Waals surface area contributed by atoms with E-state index in [1.54, 1.807) is 6.33 Å². The molecule has 16 heavy (non-hydrogen) atoms. The summed E-state index contributed by atoms with van der Waals surface area (Å²) in [6.45, 7) is 4.43. The third-order valence-electron chi connectivity index (χ3n) is 3.15. The van der Waals surface area contributed by atoms with Crippen molar-refractivity contribution in [1.82, 2.24) is 19.6 Å². The summed E-state index contributed by atoms with van der Waals surface area (Å²) in [7, 11) is 0. The highest BCUT2D eigenvalue weighted by Gasteiger charge is 2.20. The van der Waals surface area contributed by atoms with Crippen LogP contribution in [0.5, 0.6) is 0 Å². The van der Waals surface area contributed by atoms with Crippen molar-refractivity contribution >= 4 is 11.5 Å². The summed E-state index contributed by atoms with van der Waals surface area (Å²) in [5, 5.41) is 8.05. The minimum Gasteiger partial charge on any atom is -0.353 e. The summed E-state index contributed by atoms with van der Waals surface area (Å²) >= 11 is 0. The molecule has 1 saturated heterocycles. The molecule has 2 aromatic rings. The fraction of sp³-hybridized carbons (Fsp3) is 0.545. The van der Waals surface area contributed by atoms with Crippen LogP contribution in [0.3, 0.4) is 0 Å². The summed E-state index contributed by atoms with van der Waals surface area (Å²) in [6, 6.07) is 0. The molecule has 3 rings (SSSR count). The molecule has 0 amide bonds. The molecule has 0 aliphatic carbocycles. The van der Waals surface area contributed by atoms with E-state index < -0.39 is 0 Å².